The van der Waals surface area contributed by atoms with E-state index in [9.17, 15) is 0 Å². The van der Waals surface area contributed by atoms with E-state index in [1.807, 2.05) is 0 Å². The van der Waals surface area contributed by atoms with Gasteiger partial charge in [-0.3, -0.25) is 4.98 Å². The topological polar surface area (TPSA) is 34.1 Å². The summed E-state index contributed by atoms with van der Waals surface area (Å²) < 4.78 is 5.63. The summed E-state index contributed by atoms with van der Waals surface area (Å²) in [6, 6.07) is 2.41. The number of nitrogens with zero attached hydrogens (tertiary/aromatic N) is 1. The van der Waals surface area contributed by atoms with E-state index in [0.29, 0.717) is 17.7 Å². The molecule has 0 spiro atoms. The van der Waals surface area contributed by atoms with Gasteiger partial charge < -0.3 is 10.1 Å². The van der Waals surface area contributed by atoms with E-state index in [1.165, 1.54) is 19.3 Å². The highest BCUT2D eigenvalue weighted by atomic mass is 35.5. The highest BCUT2D eigenvalue weighted by Crippen LogP contribution is 2.22. The SMILES string of the molecule is Clc1cnccc1OCCC1CCCCN1. The van der Waals surface area contributed by atoms with Gasteiger partial charge in [0.05, 0.1) is 6.61 Å². The van der Waals surface area contributed by atoms with Gasteiger partial charge in [0.25, 0.3) is 0 Å². The molecule has 88 valence electrons. The third kappa shape index (κ3) is 3.35. The first-order chi connectivity index (χ1) is 7.86. The number of rotatable bonds is 4. The molecule has 0 aliphatic carbocycles. The number of nitrogens with one attached hydrogen (secondary N) is 1. The van der Waals surface area contributed by atoms with Gasteiger partial charge in [0.15, 0.2) is 0 Å². The van der Waals surface area contributed by atoms with Crippen molar-refractivity contribution in [1.29, 1.82) is 0 Å². The first-order valence-electron chi connectivity index (χ1n) is 5.82. The fourth-order valence-corrected chi connectivity index (χ4v) is 2.13. The summed E-state index contributed by atoms with van der Waals surface area (Å²) in [5, 5.41) is 4.08. The fourth-order valence-electron chi connectivity index (χ4n) is 1.96. The lowest BCUT2D eigenvalue weighted by molar-refractivity contribution is 0.268. The molecule has 1 aromatic heterocycles. The van der Waals surface area contributed by atoms with Crippen LogP contribution in [-0.4, -0.2) is 24.2 Å². The largest absolute Gasteiger partial charge is 0.492 e. The van der Waals surface area contributed by atoms with Crippen LogP contribution < -0.4 is 10.1 Å². The first kappa shape index (κ1) is 11.7. The van der Waals surface area contributed by atoms with Crippen LogP contribution >= 0.6 is 11.6 Å². The van der Waals surface area contributed by atoms with Gasteiger partial charge in [0.1, 0.15) is 10.8 Å². The summed E-state index contributed by atoms with van der Waals surface area (Å²) in [4.78, 5) is 3.92. The Morgan fingerprint density at radius 1 is 1.50 bits per heavy atom. The zero-order valence-corrected chi connectivity index (χ0v) is 10.0. The lowest BCUT2D eigenvalue weighted by Gasteiger charge is -2.23. The second-order valence-corrected chi connectivity index (χ2v) is 4.50. The molecule has 1 aliphatic heterocycles. The number of hydrogen-bond donors (Lipinski definition) is 1. The molecule has 1 unspecified atom stereocenters. The summed E-state index contributed by atoms with van der Waals surface area (Å²) in [6.45, 7) is 1.85. The number of hydrogen-bond acceptors (Lipinski definition) is 3. The van der Waals surface area contributed by atoms with Crippen LogP contribution in [0.5, 0.6) is 5.75 Å². The summed E-state index contributed by atoms with van der Waals surface area (Å²) in [5.74, 6) is 0.729. The number of aromatic nitrogens is 1. The van der Waals surface area contributed by atoms with Crippen molar-refractivity contribution in [1.82, 2.24) is 10.3 Å². The fraction of sp³-hybridized carbons (Fsp3) is 0.583. The third-order valence-electron chi connectivity index (χ3n) is 2.87. The van der Waals surface area contributed by atoms with Gasteiger partial charge in [-0.15, -0.1) is 0 Å². The lowest BCUT2D eigenvalue weighted by atomic mass is 10.0. The molecule has 1 fully saturated rings. The molecule has 0 bridgehead atoms. The molecule has 0 aromatic carbocycles. The van der Waals surface area contributed by atoms with Gasteiger partial charge in [-0.05, 0) is 25.8 Å². The summed E-state index contributed by atoms with van der Waals surface area (Å²) in [7, 11) is 0. The van der Waals surface area contributed by atoms with Crippen molar-refractivity contribution < 1.29 is 4.74 Å². The number of halogens is 1. The number of piperidine rings is 1. The molecular weight excluding hydrogens is 224 g/mol. The van der Waals surface area contributed by atoms with E-state index in [-0.39, 0.29) is 0 Å². The summed E-state index contributed by atoms with van der Waals surface area (Å²) in [5.41, 5.74) is 0. The van der Waals surface area contributed by atoms with Gasteiger partial charge in [0, 0.05) is 24.5 Å². The highest BCUT2D eigenvalue weighted by molar-refractivity contribution is 6.31. The minimum atomic E-state index is 0.583. The smallest absolute Gasteiger partial charge is 0.140 e. The zero-order valence-electron chi connectivity index (χ0n) is 9.29. The van der Waals surface area contributed by atoms with E-state index in [0.717, 1.165) is 18.7 Å². The van der Waals surface area contributed by atoms with E-state index in [2.05, 4.69) is 10.3 Å². The quantitative estimate of drug-likeness (QED) is 0.879. The molecule has 1 saturated heterocycles. The van der Waals surface area contributed by atoms with Crippen molar-refractivity contribution in [2.24, 2.45) is 0 Å². The van der Waals surface area contributed by atoms with Gasteiger partial charge in [0.2, 0.25) is 0 Å². The van der Waals surface area contributed by atoms with Crippen molar-refractivity contribution in [3.8, 4) is 5.75 Å². The molecule has 1 N–H and O–H groups in total. The minimum Gasteiger partial charge on any atom is -0.492 e. The zero-order chi connectivity index (χ0) is 11.2. The van der Waals surface area contributed by atoms with Crippen molar-refractivity contribution in [3.63, 3.8) is 0 Å². The van der Waals surface area contributed by atoms with Crippen molar-refractivity contribution >= 4 is 11.6 Å². The van der Waals surface area contributed by atoms with Gasteiger partial charge in [-0.25, -0.2) is 0 Å². The Hall–Kier alpha value is -0.800. The van der Waals surface area contributed by atoms with Crippen molar-refractivity contribution in [2.75, 3.05) is 13.2 Å². The van der Waals surface area contributed by atoms with Crippen molar-refractivity contribution in [3.05, 3.63) is 23.5 Å². The Balaban J connectivity index is 1.73. The molecule has 4 heteroatoms. The second kappa shape index (κ2) is 6.06. The molecule has 1 atom stereocenters. The molecule has 2 rings (SSSR count). The van der Waals surface area contributed by atoms with E-state index in [4.69, 9.17) is 16.3 Å². The second-order valence-electron chi connectivity index (χ2n) is 4.09. The monoisotopic (exact) mass is 240 g/mol. The maximum Gasteiger partial charge on any atom is 0.140 e. The average Bonchev–Trinajstić information content (AvgIpc) is 2.33. The Labute approximate surface area is 101 Å². The van der Waals surface area contributed by atoms with E-state index in [1.54, 1.807) is 18.5 Å². The Morgan fingerprint density at radius 3 is 3.19 bits per heavy atom. The predicted octanol–water partition coefficient (Wildman–Crippen LogP) is 2.65. The Bertz CT molecular complexity index is 327. The van der Waals surface area contributed by atoms with E-state index >= 15 is 0 Å². The molecule has 16 heavy (non-hydrogen) atoms. The Kier molecular flexibility index (Phi) is 4.43. The average molecular weight is 241 g/mol. The van der Waals surface area contributed by atoms with Crippen LogP contribution in [0.3, 0.4) is 0 Å². The standard InChI is InChI=1S/C12H17ClN2O/c13-11-9-14-7-4-12(11)16-8-5-10-3-1-2-6-15-10/h4,7,9-10,15H,1-3,5-6,8H2. The minimum absolute atomic E-state index is 0.583. The number of pyridine rings is 1. The Morgan fingerprint density at radius 2 is 2.44 bits per heavy atom. The van der Waals surface area contributed by atoms with Crippen LogP contribution in [0.1, 0.15) is 25.7 Å². The highest BCUT2D eigenvalue weighted by Gasteiger charge is 2.12. The molecule has 3 nitrogen and oxygen atoms in total. The predicted molar refractivity (Wildman–Crippen MR) is 65.0 cm³/mol. The molecule has 1 aromatic rings. The van der Waals surface area contributed by atoms with Gasteiger partial charge >= 0.3 is 0 Å². The summed E-state index contributed by atoms with van der Waals surface area (Å²) in [6.07, 6.45) is 8.23. The van der Waals surface area contributed by atoms with E-state index < -0.39 is 0 Å². The first-order valence-corrected chi connectivity index (χ1v) is 6.20. The molecule has 1 aliphatic rings. The number of ether oxygens (including phenoxy) is 1. The molecule has 0 radical (unpaired) electrons. The van der Waals surface area contributed by atoms with Crippen LogP contribution in [-0.2, 0) is 0 Å². The maximum absolute atomic E-state index is 5.94. The van der Waals surface area contributed by atoms with Gasteiger partial charge in [-0.2, -0.15) is 0 Å². The lowest BCUT2D eigenvalue weighted by Crippen LogP contribution is -2.35. The maximum atomic E-state index is 5.94. The van der Waals surface area contributed by atoms with Crippen LogP contribution in [0.25, 0.3) is 0 Å². The van der Waals surface area contributed by atoms with Crippen LogP contribution in [0.15, 0.2) is 18.5 Å². The van der Waals surface area contributed by atoms with Gasteiger partial charge in [-0.1, -0.05) is 18.0 Å². The third-order valence-corrected chi connectivity index (χ3v) is 3.16. The summed E-state index contributed by atoms with van der Waals surface area (Å²) >= 11 is 5.94. The van der Waals surface area contributed by atoms with Crippen LogP contribution in [0, 0.1) is 0 Å². The van der Waals surface area contributed by atoms with Crippen LogP contribution in [0.4, 0.5) is 0 Å². The molecule has 0 saturated carbocycles. The van der Waals surface area contributed by atoms with Crippen molar-refractivity contribution in [2.45, 2.75) is 31.7 Å². The molecule has 0 amide bonds. The van der Waals surface area contributed by atoms with Crippen LogP contribution in [0.2, 0.25) is 5.02 Å². The molecular formula is C12H17ClN2O. The normalized spacial score (nSPS) is 20.7. The molecule has 2 heterocycles.